The van der Waals surface area contributed by atoms with Crippen LogP contribution >= 0.6 is 0 Å². The molecule has 1 heterocycles. The summed E-state index contributed by atoms with van der Waals surface area (Å²) in [7, 11) is 0. The van der Waals surface area contributed by atoms with Gasteiger partial charge in [-0.1, -0.05) is 6.07 Å². The van der Waals surface area contributed by atoms with Crippen molar-refractivity contribution in [2.45, 2.75) is 20.4 Å². The van der Waals surface area contributed by atoms with Gasteiger partial charge < -0.3 is 30.2 Å². The summed E-state index contributed by atoms with van der Waals surface area (Å²) in [5.41, 5.74) is 8.05. The van der Waals surface area contributed by atoms with Crippen LogP contribution in [0, 0.1) is 5.82 Å². The number of anilines is 2. The van der Waals surface area contributed by atoms with E-state index in [0.29, 0.717) is 62.4 Å². The number of rotatable bonds is 8. The molecule has 3 N–H and O–H groups in total. The minimum Gasteiger partial charge on any atom is -0.494 e. The second-order valence-corrected chi connectivity index (χ2v) is 6.74. The Morgan fingerprint density at radius 2 is 1.90 bits per heavy atom. The van der Waals surface area contributed by atoms with E-state index in [1.807, 2.05) is 43.0 Å². The fraction of sp³-hybridized carbons (Fsp3) is 0.409. The van der Waals surface area contributed by atoms with Crippen LogP contribution < -0.4 is 25.4 Å². The maximum atomic E-state index is 14.6. The van der Waals surface area contributed by atoms with Crippen molar-refractivity contribution in [3.05, 3.63) is 47.8 Å². The molecule has 0 spiro atoms. The van der Waals surface area contributed by atoms with E-state index in [-0.39, 0.29) is 18.3 Å². The summed E-state index contributed by atoms with van der Waals surface area (Å²) in [5.74, 6) is 1.30. The first-order valence-corrected chi connectivity index (χ1v) is 10.2. The highest BCUT2D eigenvalue weighted by Gasteiger charge is 2.15. The second kappa shape index (κ2) is 10.7. The van der Waals surface area contributed by atoms with Crippen molar-refractivity contribution >= 4 is 17.3 Å². The summed E-state index contributed by atoms with van der Waals surface area (Å²) >= 11 is 0. The van der Waals surface area contributed by atoms with Crippen LogP contribution in [0.25, 0.3) is 0 Å². The summed E-state index contributed by atoms with van der Waals surface area (Å²) in [4.78, 5) is 6.33. The Balaban J connectivity index is 1.67. The molecular weight excluding hydrogens is 387 g/mol. The molecule has 0 radical (unpaired) electrons. The number of aliphatic imine (C=N–C) groups is 1. The maximum Gasteiger partial charge on any atom is 0.193 e. The highest BCUT2D eigenvalue weighted by molar-refractivity contribution is 5.94. The Kier molecular flexibility index (Phi) is 7.73. The van der Waals surface area contributed by atoms with Crippen molar-refractivity contribution in [2.24, 2.45) is 10.7 Å². The molecule has 1 aliphatic rings. The lowest BCUT2D eigenvalue weighted by atomic mass is 10.1. The molecule has 0 atom stereocenters. The van der Waals surface area contributed by atoms with Gasteiger partial charge in [0.15, 0.2) is 5.96 Å². The fourth-order valence-corrected chi connectivity index (χ4v) is 3.21. The predicted molar refractivity (Wildman–Crippen MR) is 117 cm³/mol. The normalized spacial score (nSPS) is 14.5. The van der Waals surface area contributed by atoms with Gasteiger partial charge in [0.2, 0.25) is 0 Å². The number of nitrogens with zero attached hydrogens (tertiary/aromatic N) is 2. The first kappa shape index (κ1) is 21.7. The van der Waals surface area contributed by atoms with Gasteiger partial charge >= 0.3 is 0 Å². The average Bonchev–Trinajstić information content (AvgIpc) is 2.75. The van der Waals surface area contributed by atoms with E-state index in [9.17, 15) is 4.39 Å². The van der Waals surface area contributed by atoms with Crippen LogP contribution in [0.1, 0.15) is 19.4 Å². The van der Waals surface area contributed by atoms with Gasteiger partial charge in [-0.05, 0) is 43.7 Å². The van der Waals surface area contributed by atoms with Crippen molar-refractivity contribution in [1.82, 2.24) is 0 Å². The number of hydrogen-bond acceptors (Lipinski definition) is 5. The van der Waals surface area contributed by atoms with Gasteiger partial charge in [-0.3, -0.25) is 0 Å². The third kappa shape index (κ3) is 5.76. The predicted octanol–water partition coefficient (Wildman–Crippen LogP) is 3.39. The van der Waals surface area contributed by atoms with Gasteiger partial charge in [0, 0.05) is 19.2 Å². The molecule has 30 heavy (non-hydrogen) atoms. The molecule has 7 nitrogen and oxygen atoms in total. The van der Waals surface area contributed by atoms with Gasteiger partial charge in [-0.25, -0.2) is 9.38 Å². The van der Waals surface area contributed by atoms with E-state index in [1.54, 1.807) is 6.07 Å². The van der Waals surface area contributed by atoms with Crippen LogP contribution in [0.5, 0.6) is 11.5 Å². The fourth-order valence-electron chi connectivity index (χ4n) is 3.21. The number of benzene rings is 2. The lowest BCUT2D eigenvalue weighted by Gasteiger charge is -2.29. The molecule has 1 aliphatic heterocycles. The summed E-state index contributed by atoms with van der Waals surface area (Å²) in [6, 6.07) is 10.6. The molecule has 0 bridgehead atoms. The van der Waals surface area contributed by atoms with E-state index in [2.05, 4.69) is 10.3 Å². The highest BCUT2D eigenvalue weighted by atomic mass is 19.1. The average molecular weight is 416 g/mol. The molecule has 1 saturated heterocycles. The Labute approximate surface area is 176 Å². The number of nitrogens with one attached hydrogen (secondary N) is 1. The molecule has 0 aromatic heterocycles. The number of ether oxygens (including phenoxy) is 3. The Hall–Kier alpha value is -3.00. The Morgan fingerprint density at radius 3 is 2.60 bits per heavy atom. The monoisotopic (exact) mass is 416 g/mol. The standard InChI is InChI=1S/C22H29FN4O3/c1-3-29-17-6-8-21(30-4-2)19(14-17)26-22(24)25-15-16-5-7-20(18(23)13-16)27-9-11-28-12-10-27/h5-8,13-14H,3-4,9-12,15H2,1-2H3,(H3,24,25,26). The molecule has 0 amide bonds. The van der Waals surface area contributed by atoms with Gasteiger partial charge in [-0.2, -0.15) is 0 Å². The van der Waals surface area contributed by atoms with E-state index in [4.69, 9.17) is 19.9 Å². The topological polar surface area (TPSA) is 81.3 Å². The number of guanidine groups is 1. The molecule has 2 aromatic carbocycles. The molecule has 0 aliphatic carbocycles. The van der Waals surface area contributed by atoms with E-state index in [1.165, 1.54) is 6.07 Å². The maximum absolute atomic E-state index is 14.6. The molecule has 162 valence electrons. The van der Waals surface area contributed by atoms with E-state index >= 15 is 0 Å². The Bertz CT molecular complexity index is 869. The lowest BCUT2D eigenvalue weighted by molar-refractivity contribution is 0.122. The summed E-state index contributed by atoms with van der Waals surface area (Å²) < 4.78 is 31.0. The minimum absolute atomic E-state index is 0.210. The van der Waals surface area contributed by atoms with Crippen LogP contribution in [0.3, 0.4) is 0 Å². The van der Waals surface area contributed by atoms with Crippen molar-refractivity contribution < 1.29 is 18.6 Å². The van der Waals surface area contributed by atoms with Crippen molar-refractivity contribution in [3.63, 3.8) is 0 Å². The molecule has 2 aromatic rings. The number of hydrogen-bond donors (Lipinski definition) is 2. The summed E-state index contributed by atoms with van der Waals surface area (Å²) in [6.07, 6.45) is 0. The summed E-state index contributed by atoms with van der Waals surface area (Å²) in [5, 5.41) is 3.05. The molecule has 3 rings (SSSR count). The van der Waals surface area contributed by atoms with Crippen LogP contribution in [0.4, 0.5) is 15.8 Å². The third-order valence-electron chi connectivity index (χ3n) is 4.62. The number of nitrogens with two attached hydrogens (primary N) is 1. The number of morpholine rings is 1. The third-order valence-corrected chi connectivity index (χ3v) is 4.62. The second-order valence-electron chi connectivity index (χ2n) is 6.74. The first-order chi connectivity index (χ1) is 14.6. The van der Waals surface area contributed by atoms with Crippen LogP contribution in [-0.4, -0.2) is 45.5 Å². The van der Waals surface area contributed by atoms with Gasteiger partial charge in [0.05, 0.1) is 44.3 Å². The van der Waals surface area contributed by atoms with Crippen LogP contribution in [0.2, 0.25) is 0 Å². The molecular formula is C22H29FN4O3. The quantitative estimate of drug-likeness (QED) is 0.507. The molecule has 8 heteroatoms. The van der Waals surface area contributed by atoms with Crippen molar-refractivity contribution in [2.75, 3.05) is 49.7 Å². The van der Waals surface area contributed by atoms with Crippen LogP contribution in [-0.2, 0) is 11.3 Å². The molecule has 1 fully saturated rings. The molecule has 0 saturated carbocycles. The lowest BCUT2D eigenvalue weighted by Crippen LogP contribution is -2.36. The van der Waals surface area contributed by atoms with Gasteiger partial charge in [0.1, 0.15) is 17.3 Å². The smallest absolute Gasteiger partial charge is 0.193 e. The first-order valence-electron chi connectivity index (χ1n) is 10.2. The van der Waals surface area contributed by atoms with Crippen LogP contribution in [0.15, 0.2) is 41.4 Å². The van der Waals surface area contributed by atoms with Crippen molar-refractivity contribution in [3.8, 4) is 11.5 Å². The zero-order chi connectivity index (χ0) is 21.3. The highest BCUT2D eigenvalue weighted by Crippen LogP contribution is 2.29. The zero-order valence-corrected chi connectivity index (χ0v) is 17.5. The van der Waals surface area contributed by atoms with Gasteiger partial charge in [-0.15, -0.1) is 0 Å². The minimum atomic E-state index is -0.265. The number of halogens is 1. The van der Waals surface area contributed by atoms with Gasteiger partial charge in [0.25, 0.3) is 0 Å². The molecule has 0 unspecified atom stereocenters. The Morgan fingerprint density at radius 1 is 1.13 bits per heavy atom. The zero-order valence-electron chi connectivity index (χ0n) is 17.5. The van der Waals surface area contributed by atoms with E-state index in [0.717, 1.165) is 5.56 Å². The summed E-state index contributed by atoms with van der Waals surface area (Å²) in [6.45, 7) is 7.77. The van der Waals surface area contributed by atoms with Crippen molar-refractivity contribution in [1.29, 1.82) is 0 Å². The SMILES string of the molecule is CCOc1ccc(OCC)c(NC(N)=NCc2ccc(N3CCOCC3)c(F)c2)c1. The van der Waals surface area contributed by atoms with E-state index < -0.39 is 0 Å². The largest absolute Gasteiger partial charge is 0.494 e.